The van der Waals surface area contributed by atoms with E-state index in [1.54, 1.807) is 0 Å². The zero-order valence-corrected chi connectivity index (χ0v) is 12.0. The summed E-state index contributed by atoms with van der Waals surface area (Å²) in [4.78, 5) is 0. The number of rotatable bonds is 4. The molecule has 1 aromatic heterocycles. The first-order valence-electron chi connectivity index (χ1n) is 7.40. The normalized spacial score (nSPS) is 25.3. The lowest BCUT2D eigenvalue weighted by Gasteiger charge is -2.18. The molecule has 2 atom stereocenters. The topological polar surface area (TPSA) is 29.9 Å². The second kappa shape index (κ2) is 6.37. The minimum absolute atomic E-state index is 0.470. The first-order valence-corrected chi connectivity index (χ1v) is 7.40. The van der Waals surface area contributed by atoms with Crippen molar-refractivity contribution < 1.29 is 0 Å². The molecule has 1 aliphatic rings. The fourth-order valence-electron chi connectivity index (χ4n) is 2.98. The molecule has 3 nitrogen and oxygen atoms in total. The largest absolute Gasteiger partial charge is 0.317 e. The summed E-state index contributed by atoms with van der Waals surface area (Å²) in [5.41, 5.74) is 1.27. The van der Waals surface area contributed by atoms with Gasteiger partial charge in [0.1, 0.15) is 0 Å². The minimum Gasteiger partial charge on any atom is -0.317 e. The van der Waals surface area contributed by atoms with Gasteiger partial charge in [-0.15, -0.1) is 0 Å². The molecule has 1 N–H and O–H groups in total. The summed E-state index contributed by atoms with van der Waals surface area (Å²) in [6.45, 7) is 4.36. The molecule has 0 aromatic carbocycles. The molecule has 2 rings (SSSR count). The first-order chi connectivity index (χ1) is 8.69. The van der Waals surface area contributed by atoms with Crippen LogP contribution in [-0.4, -0.2) is 22.9 Å². The van der Waals surface area contributed by atoms with Crippen LogP contribution < -0.4 is 5.32 Å². The molecule has 0 aliphatic heterocycles. The number of aromatic nitrogens is 2. The third-order valence-electron chi connectivity index (χ3n) is 4.13. The Morgan fingerprint density at radius 2 is 2.17 bits per heavy atom. The van der Waals surface area contributed by atoms with Crippen LogP contribution in [0.3, 0.4) is 0 Å². The highest BCUT2D eigenvalue weighted by Crippen LogP contribution is 2.26. The van der Waals surface area contributed by atoms with Crippen LogP contribution in [0.1, 0.15) is 57.7 Å². The Labute approximate surface area is 111 Å². The second-order valence-electron chi connectivity index (χ2n) is 5.96. The molecule has 1 heterocycles. The molecule has 102 valence electrons. The zero-order chi connectivity index (χ0) is 13.0. The van der Waals surface area contributed by atoms with Gasteiger partial charge >= 0.3 is 0 Å². The van der Waals surface area contributed by atoms with Gasteiger partial charge in [-0.2, -0.15) is 5.10 Å². The van der Waals surface area contributed by atoms with Crippen molar-refractivity contribution in [2.45, 2.75) is 64.5 Å². The molecule has 0 bridgehead atoms. The van der Waals surface area contributed by atoms with Gasteiger partial charge in [-0.1, -0.05) is 19.3 Å². The summed E-state index contributed by atoms with van der Waals surface area (Å²) in [5, 5.41) is 8.14. The molecule has 1 aromatic rings. The smallest absolute Gasteiger partial charge is 0.0627 e. The van der Waals surface area contributed by atoms with E-state index in [9.17, 15) is 0 Å². The van der Waals surface area contributed by atoms with Crippen LogP contribution in [0.5, 0.6) is 0 Å². The quantitative estimate of drug-likeness (QED) is 0.831. The lowest BCUT2D eigenvalue weighted by molar-refractivity contribution is 0.395. The van der Waals surface area contributed by atoms with E-state index in [2.05, 4.69) is 48.3 Å². The van der Waals surface area contributed by atoms with Gasteiger partial charge in [0, 0.05) is 18.3 Å². The molecule has 0 radical (unpaired) electrons. The average molecular weight is 249 g/mol. The Bertz CT molecular complexity index is 356. The SMILES string of the molecule is CNC1CCCCC(Cc2ccn(C(C)C)n2)C1. The molecule has 2 unspecified atom stereocenters. The Balaban J connectivity index is 1.94. The molecule has 0 amide bonds. The van der Waals surface area contributed by atoms with Crippen molar-refractivity contribution in [1.29, 1.82) is 0 Å². The van der Waals surface area contributed by atoms with Crippen LogP contribution in [0, 0.1) is 5.92 Å². The third kappa shape index (κ3) is 3.58. The van der Waals surface area contributed by atoms with Crippen molar-refractivity contribution in [2.24, 2.45) is 5.92 Å². The van der Waals surface area contributed by atoms with Crippen LogP contribution in [-0.2, 0) is 6.42 Å². The van der Waals surface area contributed by atoms with Crippen LogP contribution in [0.15, 0.2) is 12.3 Å². The van der Waals surface area contributed by atoms with Crippen LogP contribution in [0.4, 0.5) is 0 Å². The van der Waals surface area contributed by atoms with E-state index in [0.29, 0.717) is 12.1 Å². The number of nitrogens with zero attached hydrogens (tertiary/aromatic N) is 2. The molecule has 0 saturated heterocycles. The van der Waals surface area contributed by atoms with Crippen molar-refractivity contribution in [3.63, 3.8) is 0 Å². The summed E-state index contributed by atoms with van der Waals surface area (Å²) in [5.74, 6) is 0.806. The van der Waals surface area contributed by atoms with Crippen LogP contribution in [0.2, 0.25) is 0 Å². The van der Waals surface area contributed by atoms with E-state index in [1.165, 1.54) is 37.8 Å². The number of hydrogen-bond acceptors (Lipinski definition) is 2. The summed E-state index contributed by atoms with van der Waals surface area (Å²) < 4.78 is 2.07. The van der Waals surface area contributed by atoms with Gasteiger partial charge in [-0.25, -0.2) is 0 Å². The van der Waals surface area contributed by atoms with E-state index < -0.39 is 0 Å². The highest BCUT2D eigenvalue weighted by molar-refractivity contribution is 5.01. The fraction of sp³-hybridized carbons (Fsp3) is 0.800. The van der Waals surface area contributed by atoms with Crippen molar-refractivity contribution in [3.05, 3.63) is 18.0 Å². The van der Waals surface area contributed by atoms with E-state index >= 15 is 0 Å². The van der Waals surface area contributed by atoms with Crippen molar-refractivity contribution in [1.82, 2.24) is 15.1 Å². The predicted molar refractivity (Wildman–Crippen MR) is 75.7 cm³/mol. The maximum Gasteiger partial charge on any atom is 0.0627 e. The zero-order valence-electron chi connectivity index (χ0n) is 12.0. The molecule has 3 heteroatoms. The van der Waals surface area contributed by atoms with Gasteiger partial charge < -0.3 is 5.32 Å². The van der Waals surface area contributed by atoms with Gasteiger partial charge in [0.05, 0.1) is 5.69 Å². The van der Waals surface area contributed by atoms with Crippen LogP contribution >= 0.6 is 0 Å². The van der Waals surface area contributed by atoms with Gasteiger partial charge in [0.2, 0.25) is 0 Å². The molecule has 1 fully saturated rings. The summed E-state index contributed by atoms with van der Waals surface area (Å²) in [6, 6.07) is 3.38. The maximum absolute atomic E-state index is 4.68. The molecule has 18 heavy (non-hydrogen) atoms. The van der Waals surface area contributed by atoms with Crippen LogP contribution in [0.25, 0.3) is 0 Å². The van der Waals surface area contributed by atoms with Crippen molar-refractivity contribution in [2.75, 3.05) is 7.05 Å². The Morgan fingerprint density at radius 1 is 1.39 bits per heavy atom. The van der Waals surface area contributed by atoms with Gasteiger partial charge in [0.25, 0.3) is 0 Å². The van der Waals surface area contributed by atoms with Crippen molar-refractivity contribution >= 4 is 0 Å². The Kier molecular flexibility index (Phi) is 4.81. The summed E-state index contributed by atoms with van der Waals surface area (Å²) in [7, 11) is 2.10. The summed E-state index contributed by atoms with van der Waals surface area (Å²) in [6.07, 6.45) is 10.0. The van der Waals surface area contributed by atoms with E-state index in [0.717, 1.165) is 12.3 Å². The first kappa shape index (κ1) is 13.6. The lowest BCUT2D eigenvalue weighted by atomic mass is 9.93. The molecular formula is C15H27N3. The number of nitrogens with one attached hydrogen (secondary N) is 1. The molecule has 0 spiro atoms. The third-order valence-corrected chi connectivity index (χ3v) is 4.13. The second-order valence-corrected chi connectivity index (χ2v) is 5.96. The number of hydrogen-bond donors (Lipinski definition) is 1. The minimum atomic E-state index is 0.470. The molecule has 1 aliphatic carbocycles. The molecule has 1 saturated carbocycles. The van der Waals surface area contributed by atoms with E-state index in [4.69, 9.17) is 0 Å². The van der Waals surface area contributed by atoms with E-state index in [1.807, 2.05) is 0 Å². The fourth-order valence-corrected chi connectivity index (χ4v) is 2.98. The Hall–Kier alpha value is -0.830. The predicted octanol–water partition coefficient (Wildman–Crippen LogP) is 3.17. The maximum atomic E-state index is 4.68. The highest BCUT2D eigenvalue weighted by atomic mass is 15.3. The average Bonchev–Trinajstić information content (AvgIpc) is 2.69. The Morgan fingerprint density at radius 3 is 2.83 bits per heavy atom. The monoisotopic (exact) mass is 249 g/mol. The standard InChI is InChI=1S/C15H27N3/c1-12(2)18-9-8-15(17-18)11-13-6-4-5-7-14(10-13)16-3/h8-9,12-14,16H,4-7,10-11H2,1-3H3. The highest BCUT2D eigenvalue weighted by Gasteiger charge is 2.20. The molecular weight excluding hydrogens is 222 g/mol. The van der Waals surface area contributed by atoms with E-state index in [-0.39, 0.29) is 0 Å². The lowest BCUT2D eigenvalue weighted by Crippen LogP contribution is -2.26. The van der Waals surface area contributed by atoms with Gasteiger partial charge in [0.15, 0.2) is 0 Å². The van der Waals surface area contributed by atoms with Gasteiger partial charge in [-0.3, -0.25) is 4.68 Å². The van der Waals surface area contributed by atoms with Gasteiger partial charge in [-0.05, 0) is 52.1 Å². The van der Waals surface area contributed by atoms with Crippen molar-refractivity contribution in [3.8, 4) is 0 Å². The summed E-state index contributed by atoms with van der Waals surface area (Å²) >= 11 is 0.